The normalized spacial score (nSPS) is 23.2. The van der Waals surface area contributed by atoms with Crippen molar-refractivity contribution in [3.8, 4) is 0 Å². The lowest BCUT2D eigenvalue weighted by Gasteiger charge is -2.19. The first-order valence-corrected chi connectivity index (χ1v) is 5.82. The number of amidine groups is 1. The smallest absolute Gasteiger partial charge is 0.227 e. The third kappa shape index (κ3) is 2.82. The van der Waals surface area contributed by atoms with Gasteiger partial charge in [-0.25, -0.2) is 9.38 Å². The van der Waals surface area contributed by atoms with E-state index in [1.165, 1.54) is 23.9 Å². The molecule has 84 valence electrons. The predicted octanol–water partition coefficient (Wildman–Crippen LogP) is 2.45. The number of nitrogens with one attached hydrogen (secondary N) is 1. The molecule has 5 heteroatoms. The van der Waals surface area contributed by atoms with E-state index in [0.717, 1.165) is 0 Å². The Morgan fingerprint density at radius 3 is 3.06 bits per heavy atom. The maximum Gasteiger partial charge on any atom is 0.227 e. The van der Waals surface area contributed by atoms with Crippen molar-refractivity contribution in [1.29, 1.82) is 0 Å². The lowest BCUT2D eigenvalue weighted by Crippen LogP contribution is -2.36. The molecule has 1 aromatic carbocycles. The summed E-state index contributed by atoms with van der Waals surface area (Å²) in [4.78, 5) is 15.4. The van der Waals surface area contributed by atoms with E-state index in [9.17, 15) is 9.18 Å². The number of hydrogen-bond acceptors (Lipinski definition) is 3. The van der Waals surface area contributed by atoms with Gasteiger partial charge in [-0.2, -0.15) is 0 Å². The number of aliphatic imine (C=N–C) groups is 1. The summed E-state index contributed by atoms with van der Waals surface area (Å²) >= 11 is 1.49. The monoisotopic (exact) mass is 238 g/mol. The van der Waals surface area contributed by atoms with Crippen LogP contribution < -0.4 is 5.32 Å². The van der Waals surface area contributed by atoms with Crippen LogP contribution in [0, 0.1) is 5.82 Å². The zero-order valence-electron chi connectivity index (χ0n) is 8.74. The van der Waals surface area contributed by atoms with Crippen LogP contribution in [0.15, 0.2) is 29.3 Å². The number of carbonyl (C=O) groups is 1. The van der Waals surface area contributed by atoms with Gasteiger partial charge < -0.3 is 5.32 Å². The van der Waals surface area contributed by atoms with Gasteiger partial charge in [0.2, 0.25) is 5.91 Å². The fraction of sp³-hybridized carbons (Fsp3) is 0.273. The molecule has 0 bridgehead atoms. The van der Waals surface area contributed by atoms with Crippen molar-refractivity contribution in [3.05, 3.63) is 30.1 Å². The molecule has 1 heterocycles. The maximum absolute atomic E-state index is 12.9. The largest absolute Gasteiger partial charge is 0.305 e. The molecule has 0 saturated carbocycles. The molecule has 3 nitrogen and oxygen atoms in total. The van der Waals surface area contributed by atoms with Crippen molar-refractivity contribution >= 4 is 28.5 Å². The quantitative estimate of drug-likeness (QED) is 0.816. The van der Waals surface area contributed by atoms with Crippen LogP contribution in [-0.2, 0) is 4.79 Å². The molecule has 1 unspecified atom stereocenters. The lowest BCUT2D eigenvalue weighted by atomic mass is 10.3. The molecular weight excluding hydrogens is 227 g/mol. The van der Waals surface area contributed by atoms with Gasteiger partial charge in [-0.15, -0.1) is 0 Å². The molecule has 1 saturated heterocycles. The number of benzene rings is 1. The Labute approximate surface area is 97.1 Å². The summed E-state index contributed by atoms with van der Waals surface area (Å²) in [6.45, 7) is 1.96. The molecule has 1 atom stereocenters. The molecular formula is C11H11FN2OS. The minimum Gasteiger partial charge on any atom is -0.305 e. The third-order valence-electron chi connectivity index (χ3n) is 2.07. The van der Waals surface area contributed by atoms with E-state index >= 15 is 0 Å². The van der Waals surface area contributed by atoms with E-state index in [1.54, 1.807) is 12.1 Å². The molecule has 1 amide bonds. The van der Waals surface area contributed by atoms with Crippen LogP contribution in [0.1, 0.15) is 13.3 Å². The van der Waals surface area contributed by atoms with Gasteiger partial charge in [-0.05, 0) is 18.2 Å². The van der Waals surface area contributed by atoms with Gasteiger partial charge in [0.1, 0.15) is 5.82 Å². The number of hydrogen-bond donors (Lipinski definition) is 1. The van der Waals surface area contributed by atoms with E-state index in [4.69, 9.17) is 0 Å². The Morgan fingerprint density at radius 2 is 2.38 bits per heavy atom. The van der Waals surface area contributed by atoms with Crippen LogP contribution in [0.25, 0.3) is 0 Å². The molecule has 0 aromatic heterocycles. The van der Waals surface area contributed by atoms with Crippen molar-refractivity contribution in [2.45, 2.75) is 18.6 Å². The molecule has 1 fully saturated rings. The predicted molar refractivity (Wildman–Crippen MR) is 63.3 cm³/mol. The molecule has 1 N–H and O–H groups in total. The van der Waals surface area contributed by atoms with E-state index < -0.39 is 0 Å². The molecule has 16 heavy (non-hydrogen) atoms. The highest BCUT2D eigenvalue weighted by Crippen LogP contribution is 2.22. The van der Waals surface area contributed by atoms with Crippen LogP contribution in [0.5, 0.6) is 0 Å². The minimum absolute atomic E-state index is 0.0404. The summed E-state index contributed by atoms with van der Waals surface area (Å²) in [7, 11) is 0. The Morgan fingerprint density at radius 1 is 1.56 bits per heavy atom. The molecule has 0 aliphatic carbocycles. The second-order valence-corrected chi connectivity index (χ2v) is 5.00. The third-order valence-corrected chi connectivity index (χ3v) is 3.06. The van der Waals surface area contributed by atoms with Crippen molar-refractivity contribution in [1.82, 2.24) is 5.32 Å². The average molecular weight is 238 g/mol. The molecule has 0 spiro atoms. The highest BCUT2D eigenvalue weighted by atomic mass is 32.2. The van der Waals surface area contributed by atoms with Crippen LogP contribution in [-0.4, -0.2) is 16.3 Å². The number of carbonyl (C=O) groups excluding carboxylic acids is 1. The zero-order chi connectivity index (χ0) is 11.5. The number of amides is 1. The average Bonchev–Trinajstić information content (AvgIpc) is 2.15. The van der Waals surface area contributed by atoms with E-state index in [1.807, 2.05) is 6.92 Å². The van der Waals surface area contributed by atoms with Gasteiger partial charge in [0.05, 0.1) is 5.69 Å². The summed E-state index contributed by atoms with van der Waals surface area (Å²) < 4.78 is 12.9. The highest BCUT2D eigenvalue weighted by molar-refractivity contribution is 8.14. The topological polar surface area (TPSA) is 41.5 Å². The van der Waals surface area contributed by atoms with Gasteiger partial charge in [0, 0.05) is 11.7 Å². The standard InChI is InChI=1S/C11H11FN2OS/c1-7-5-10(15)14-11(16-7)13-9-4-2-3-8(12)6-9/h2-4,6-7H,5H2,1H3,(H,13,14,15). The van der Waals surface area contributed by atoms with Crippen molar-refractivity contribution < 1.29 is 9.18 Å². The molecule has 1 aliphatic rings. The van der Waals surface area contributed by atoms with Gasteiger partial charge in [-0.1, -0.05) is 24.8 Å². The number of nitrogens with zero attached hydrogens (tertiary/aromatic N) is 1. The Hall–Kier alpha value is -1.36. The van der Waals surface area contributed by atoms with E-state index in [-0.39, 0.29) is 17.0 Å². The first kappa shape index (κ1) is 11.1. The highest BCUT2D eigenvalue weighted by Gasteiger charge is 2.20. The first-order chi connectivity index (χ1) is 7.63. The Balaban J connectivity index is 2.20. The SMILES string of the molecule is CC1CC(=O)NC(=Nc2cccc(F)c2)S1. The van der Waals surface area contributed by atoms with E-state index in [0.29, 0.717) is 17.3 Å². The van der Waals surface area contributed by atoms with Crippen LogP contribution in [0.3, 0.4) is 0 Å². The first-order valence-electron chi connectivity index (χ1n) is 4.94. The summed E-state index contributed by atoms with van der Waals surface area (Å²) in [5.74, 6) is -0.372. The molecule has 1 aromatic rings. The fourth-order valence-corrected chi connectivity index (χ4v) is 2.36. The number of thioether (sulfide) groups is 1. The van der Waals surface area contributed by atoms with E-state index in [2.05, 4.69) is 10.3 Å². The Bertz CT molecular complexity index is 447. The lowest BCUT2D eigenvalue weighted by molar-refractivity contribution is -0.119. The van der Waals surface area contributed by atoms with Crippen molar-refractivity contribution in [3.63, 3.8) is 0 Å². The second kappa shape index (κ2) is 4.65. The summed E-state index contributed by atoms with van der Waals surface area (Å²) in [5, 5.41) is 3.41. The van der Waals surface area contributed by atoms with Gasteiger partial charge in [0.25, 0.3) is 0 Å². The molecule has 2 rings (SSSR count). The van der Waals surface area contributed by atoms with Gasteiger partial charge in [0.15, 0.2) is 5.17 Å². The van der Waals surface area contributed by atoms with Crippen LogP contribution >= 0.6 is 11.8 Å². The Kier molecular flexibility index (Phi) is 3.24. The number of halogens is 1. The number of rotatable bonds is 1. The van der Waals surface area contributed by atoms with Gasteiger partial charge in [-0.3, -0.25) is 4.79 Å². The zero-order valence-corrected chi connectivity index (χ0v) is 9.55. The molecule has 0 radical (unpaired) electrons. The minimum atomic E-state index is -0.331. The van der Waals surface area contributed by atoms with Crippen LogP contribution in [0.4, 0.5) is 10.1 Å². The van der Waals surface area contributed by atoms with Gasteiger partial charge >= 0.3 is 0 Å². The second-order valence-electron chi connectivity index (χ2n) is 3.58. The summed E-state index contributed by atoms with van der Waals surface area (Å²) in [5.41, 5.74) is 0.511. The molecule has 1 aliphatic heterocycles. The summed E-state index contributed by atoms with van der Waals surface area (Å²) in [6, 6.07) is 5.98. The van der Waals surface area contributed by atoms with Crippen molar-refractivity contribution in [2.24, 2.45) is 4.99 Å². The fourth-order valence-electron chi connectivity index (χ4n) is 1.41. The van der Waals surface area contributed by atoms with Crippen LogP contribution in [0.2, 0.25) is 0 Å². The summed E-state index contributed by atoms with van der Waals surface area (Å²) in [6.07, 6.45) is 0.493. The maximum atomic E-state index is 12.9. The van der Waals surface area contributed by atoms with Crippen molar-refractivity contribution in [2.75, 3.05) is 0 Å².